The van der Waals surface area contributed by atoms with Crippen molar-refractivity contribution in [1.82, 2.24) is 20.5 Å². The smallest absolute Gasteiger partial charge is 0.314 e. The molecule has 2 N–H and O–H groups in total. The highest BCUT2D eigenvalue weighted by molar-refractivity contribution is 5.94. The van der Waals surface area contributed by atoms with E-state index in [4.69, 9.17) is 4.74 Å². The number of likely N-dealkylation sites (tertiary alicyclic amines) is 1. The molecule has 1 aromatic rings. The van der Waals surface area contributed by atoms with E-state index in [9.17, 15) is 9.59 Å². The van der Waals surface area contributed by atoms with Gasteiger partial charge in [0.1, 0.15) is 0 Å². The summed E-state index contributed by atoms with van der Waals surface area (Å²) < 4.78 is 4.87. The topological polar surface area (TPSA) is 83.6 Å². The minimum absolute atomic E-state index is 0.0520. The molecule has 1 fully saturated rings. The summed E-state index contributed by atoms with van der Waals surface area (Å²) in [5, 5.41) is 5.60. The van der Waals surface area contributed by atoms with E-state index >= 15 is 0 Å². The average Bonchev–Trinajstić information content (AvgIpc) is 2.61. The Balaban J connectivity index is 1.68. The van der Waals surface area contributed by atoms with Crippen molar-refractivity contribution in [3.05, 3.63) is 30.1 Å². The van der Waals surface area contributed by atoms with Crippen molar-refractivity contribution >= 4 is 11.9 Å². The second-order valence-corrected chi connectivity index (χ2v) is 5.60. The third kappa shape index (κ3) is 5.52. The van der Waals surface area contributed by atoms with Crippen LogP contribution in [0.3, 0.4) is 0 Å². The van der Waals surface area contributed by atoms with Crippen molar-refractivity contribution in [3.8, 4) is 0 Å². The molecule has 0 bridgehead atoms. The predicted octanol–water partition coefficient (Wildman–Crippen LogP) is 0.879. The molecule has 0 aromatic carbocycles. The zero-order valence-corrected chi connectivity index (χ0v) is 13.5. The first-order chi connectivity index (χ1) is 11.2. The molecular weight excluding hydrogens is 296 g/mol. The van der Waals surface area contributed by atoms with Gasteiger partial charge in [-0.15, -0.1) is 0 Å². The highest BCUT2D eigenvalue weighted by Crippen LogP contribution is 2.18. The van der Waals surface area contributed by atoms with E-state index in [1.165, 1.54) is 0 Å². The Kier molecular flexibility index (Phi) is 6.80. The molecule has 0 aliphatic carbocycles. The van der Waals surface area contributed by atoms with E-state index in [0.29, 0.717) is 31.2 Å². The fraction of sp³-hybridized carbons (Fsp3) is 0.562. The van der Waals surface area contributed by atoms with Crippen molar-refractivity contribution in [3.63, 3.8) is 0 Å². The molecule has 2 heterocycles. The van der Waals surface area contributed by atoms with Crippen LogP contribution in [0.15, 0.2) is 24.5 Å². The number of hydrogen-bond acceptors (Lipinski definition) is 4. The zero-order valence-electron chi connectivity index (χ0n) is 13.5. The molecule has 7 heteroatoms. The summed E-state index contributed by atoms with van der Waals surface area (Å²) in [6.45, 7) is 3.08. The number of pyridine rings is 1. The fourth-order valence-electron chi connectivity index (χ4n) is 2.58. The number of carbonyl (C=O) groups is 2. The van der Waals surface area contributed by atoms with Crippen LogP contribution in [0.1, 0.15) is 23.2 Å². The fourth-order valence-corrected chi connectivity index (χ4v) is 2.58. The number of amides is 3. The van der Waals surface area contributed by atoms with Crippen molar-refractivity contribution in [2.75, 3.05) is 39.9 Å². The Labute approximate surface area is 136 Å². The van der Waals surface area contributed by atoms with E-state index in [1.54, 1.807) is 31.6 Å². The Bertz CT molecular complexity index is 501. The number of piperidine rings is 1. The first-order valence-electron chi connectivity index (χ1n) is 7.90. The SMILES string of the molecule is COCCNC(=O)NCC1CCN(C(=O)c2ccncc2)CC1. The molecule has 0 unspecified atom stereocenters. The van der Waals surface area contributed by atoms with Gasteiger partial charge >= 0.3 is 6.03 Å². The molecule has 3 amide bonds. The number of ether oxygens (including phenoxy) is 1. The lowest BCUT2D eigenvalue weighted by Gasteiger charge is -2.32. The molecule has 1 aromatic heterocycles. The quantitative estimate of drug-likeness (QED) is 0.762. The van der Waals surface area contributed by atoms with Crippen LogP contribution in [0.5, 0.6) is 0 Å². The van der Waals surface area contributed by atoms with Crippen LogP contribution >= 0.6 is 0 Å². The number of hydrogen-bond donors (Lipinski definition) is 2. The van der Waals surface area contributed by atoms with Gasteiger partial charge in [-0.3, -0.25) is 9.78 Å². The molecule has 1 aliphatic rings. The zero-order chi connectivity index (χ0) is 16.5. The molecular formula is C16H24N4O3. The summed E-state index contributed by atoms with van der Waals surface area (Å²) in [6.07, 6.45) is 5.06. The number of nitrogens with one attached hydrogen (secondary N) is 2. The standard InChI is InChI=1S/C16H24N4O3/c1-23-11-8-18-16(22)19-12-13-4-9-20(10-5-13)15(21)14-2-6-17-7-3-14/h2-3,6-7,13H,4-5,8-12H2,1H3,(H2,18,19,22). The summed E-state index contributed by atoms with van der Waals surface area (Å²) in [5.74, 6) is 0.459. The second-order valence-electron chi connectivity index (χ2n) is 5.60. The number of urea groups is 1. The number of rotatable bonds is 6. The van der Waals surface area contributed by atoms with Gasteiger partial charge in [0.15, 0.2) is 0 Å². The lowest BCUT2D eigenvalue weighted by Crippen LogP contribution is -2.44. The van der Waals surface area contributed by atoms with Gasteiger partial charge in [0.25, 0.3) is 5.91 Å². The van der Waals surface area contributed by atoms with Gasteiger partial charge in [-0.2, -0.15) is 0 Å². The maximum Gasteiger partial charge on any atom is 0.314 e. The highest BCUT2D eigenvalue weighted by Gasteiger charge is 2.23. The Hall–Kier alpha value is -2.15. The summed E-state index contributed by atoms with van der Waals surface area (Å²) in [7, 11) is 1.60. The maximum atomic E-state index is 12.3. The molecule has 0 atom stereocenters. The van der Waals surface area contributed by atoms with E-state index in [2.05, 4.69) is 15.6 Å². The van der Waals surface area contributed by atoms with Crippen LogP contribution < -0.4 is 10.6 Å². The molecule has 1 saturated heterocycles. The molecule has 7 nitrogen and oxygen atoms in total. The Morgan fingerprint density at radius 3 is 2.61 bits per heavy atom. The molecule has 0 spiro atoms. The van der Waals surface area contributed by atoms with Crippen LogP contribution in [0.25, 0.3) is 0 Å². The van der Waals surface area contributed by atoms with E-state index in [1.807, 2.05) is 4.90 Å². The van der Waals surface area contributed by atoms with Crippen LogP contribution in [0.2, 0.25) is 0 Å². The van der Waals surface area contributed by atoms with Gasteiger partial charge in [-0.05, 0) is 30.9 Å². The summed E-state index contributed by atoms with van der Waals surface area (Å²) in [6, 6.07) is 3.30. The van der Waals surface area contributed by atoms with E-state index < -0.39 is 0 Å². The summed E-state index contributed by atoms with van der Waals surface area (Å²) in [4.78, 5) is 29.7. The number of methoxy groups -OCH3 is 1. The lowest BCUT2D eigenvalue weighted by molar-refractivity contribution is 0.0690. The number of carbonyl (C=O) groups excluding carboxylic acids is 2. The summed E-state index contributed by atoms with van der Waals surface area (Å²) >= 11 is 0. The Morgan fingerprint density at radius 1 is 1.26 bits per heavy atom. The molecule has 23 heavy (non-hydrogen) atoms. The monoisotopic (exact) mass is 320 g/mol. The molecule has 0 saturated carbocycles. The predicted molar refractivity (Wildman–Crippen MR) is 86.1 cm³/mol. The van der Waals surface area contributed by atoms with Gasteiger partial charge in [0, 0.05) is 51.2 Å². The lowest BCUT2D eigenvalue weighted by atomic mass is 9.96. The molecule has 1 aliphatic heterocycles. The third-order valence-corrected chi connectivity index (χ3v) is 3.97. The van der Waals surface area contributed by atoms with Gasteiger partial charge in [0.2, 0.25) is 0 Å². The van der Waals surface area contributed by atoms with Gasteiger partial charge in [-0.25, -0.2) is 4.79 Å². The molecule has 2 rings (SSSR count). The van der Waals surface area contributed by atoms with Crippen LogP contribution in [0.4, 0.5) is 4.79 Å². The van der Waals surface area contributed by atoms with Gasteiger partial charge < -0.3 is 20.3 Å². The average molecular weight is 320 g/mol. The molecule has 126 valence electrons. The van der Waals surface area contributed by atoms with Crippen LogP contribution in [-0.2, 0) is 4.74 Å². The minimum atomic E-state index is -0.169. The minimum Gasteiger partial charge on any atom is -0.383 e. The van der Waals surface area contributed by atoms with Crippen molar-refractivity contribution in [2.45, 2.75) is 12.8 Å². The van der Waals surface area contributed by atoms with Crippen molar-refractivity contribution in [1.29, 1.82) is 0 Å². The molecule has 0 radical (unpaired) electrons. The highest BCUT2D eigenvalue weighted by atomic mass is 16.5. The number of aromatic nitrogens is 1. The normalized spacial score (nSPS) is 15.3. The van der Waals surface area contributed by atoms with Gasteiger partial charge in [-0.1, -0.05) is 0 Å². The second kappa shape index (κ2) is 9.09. The van der Waals surface area contributed by atoms with E-state index in [0.717, 1.165) is 25.9 Å². The summed E-state index contributed by atoms with van der Waals surface area (Å²) in [5.41, 5.74) is 0.675. The van der Waals surface area contributed by atoms with Crippen molar-refractivity contribution in [2.24, 2.45) is 5.92 Å². The first kappa shape index (κ1) is 17.2. The van der Waals surface area contributed by atoms with Crippen molar-refractivity contribution < 1.29 is 14.3 Å². The van der Waals surface area contributed by atoms with Gasteiger partial charge in [0.05, 0.1) is 6.61 Å². The number of nitrogens with zero attached hydrogens (tertiary/aromatic N) is 2. The van der Waals surface area contributed by atoms with Crippen LogP contribution in [0, 0.1) is 5.92 Å². The third-order valence-electron chi connectivity index (χ3n) is 3.97. The Morgan fingerprint density at radius 2 is 1.96 bits per heavy atom. The van der Waals surface area contributed by atoms with Crippen LogP contribution in [-0.4, -0.2) is 61.7 Å². The first-order valence-corrected chi connectivity index (χ1v) is 7.90. The van der Waals surface area contributed by atoms with E-state index in [-0.39, 0.29) is 11.9 Å². The largest absolute Gasteiger partial charge is 0.383 e. The maximum absolute atomic E-state index is 12.3.